The molecule has 3 nitrogen and oxygen atoms in total. The molecule has 0 atom stereocenters. The summed E-state index contributed by atoms with van der Waals surface area (Å²) in [4.78, 5) is 11.1. The average Bonchev–Trinajstić information content (AvgIpc) is 2.36. The van der Waals surface area contributed by atoms with Crippen molar-refractivity contribution < 1.29 is 14.3 Å². The van der Waals surface area contributed by atoms with E-state index in [9.17, 15) is 4.79 Å². The number of ether oxygens (including phenoxy) is 2. The third kappa shape index (κ3) is 13.8. The summed E-state index contributed by atoms with van der Waals surface area (Å²) < 4.78 is 10.2. The third-order valence-electron chi connectivity index (χ3n) is 2.51. The van der Waals surface area contributed by atoms with Gasteiger partial charge in [0, 0.05) is 19.6 Å². The zero-order valence-corrected chi connectivity index (χ0v) is 12.7. The molecule has 4 heteroatoms. The Hall–Kier alpha value is -0.220. The number of esters is 1. The molecule has 0 fully saturated rings. The van der Waals surface area contributed by atoms with Gasteiger partial charge in [-0.2, -0.15) is 11.8 Å². The van der Waals surface area contributed by atoms with E-state index in [-0.39, 0.29) is 5.97 Å². The molecule has 0 aliphatic heterocycles. The van der Waals surface area contributed by atoms with Crippen molar-refractivity contribution in [2.75, 3.05) is 31.3 Å². The summed E-state index contributed by atoms with van der Waals surface area (Å²) in [6.07, 6.45) is 6.35. The number of carbonyl (C=O) groups is 1. The van der Waals surface area contributed by atoms with Crippen molar-refractivity contribution in [1.29, 1.82) is 0 Å². The summed E-state index contributed by atoms with van der Waals surface area (Å²) in [7, 11) is 0. The van der Waals surface area contributed by atoms with E-state index < -0.39 is 0 Å². The normalized spacial score (nSPS) is 10.6. The molecular weight excluding hydrogens is 248 g/mol. The number of hydrogen-bond donors (Lipinski definition) is 0. The van der Waals surface area contributed by atoms with Crippen molar-refractivity contribution in [1.82, 2.24) is 0 Å². The van der Waals surface area contributed by atoms with Crippen LogP contribution in [-0.2, 0) is 14.3 Å². The molecular formula is C14H28O3S. The molecule has 0 bridgehead atoms. The Morgan fingerprint density at radius 2 is 1.67 bits per heavy atom. The first-order valence-electron chi connectivity index (χ1n) is 7.12. The predicted molar refractivity (Wildman–Crippen MR) is 78.2 cm³/mol. The van der Waals surface area contributed by atoms with Crippen LogP contribution >= 0.6 is 11.8 Å². The van der Waals surface area contributed by atoms with Gasteiger partial charge in [-0.1, -0.05) is 6.42 Å². The molecule has 0 radical (unpaired) electrons. The minimum Gasteiger partial charge on any atom is -0.466 e. The topological polar surface area (TPSA) is 35.5 Å². The second kappa shape index (κ2) is 14.8. The number of thioether (sulfide) groups is 1. The quantitative estimate of drug-likeness (QED) is 0.380. The lowest BCUT2D eigenvalue weighted by Crippen LogP contribution is -2.03. The molecule has 0 saturated carbocycles. The Bertz CT molecular complexity index is 186. The van der Waals surface area contributed by atoms with Crippen LogP contribution in [0, 0.1) is 0 Å². The smallest absolute Gasteiger partial charge is 0.305 e. The maximum absolute atomic E-state index is 11.1. The van der Waals surface area contributed by atoms with Gasteiger partial charge in [-0.25, -0.2) is 0 Å². The van der Waals surface area contributed by atoms with E-state index in [1.165, 1.54) is 25.0 Å². The second-order valence-electron chi connectivity index (χ2n) is 4.13. The molecule has 108 valence electrons. The zero-order valence-electron chi connectivity index (χ0n) is 11.9. The Kier molecular flexibility index (Phi) is 14.7. The van der Waals surface area contributed by atoms with Crippen LogP contribution in [0.3, 0.4) is 0 Å². The van der Waals surface area contributed by atoms with Gasteiger partial charge in [-0.3, -0.25) is 4.79 Å². The molecule has 18 heavy (non-hydrogen) atoms. The molecule has 0 aliphatic rings. The van der Waals surface area contributed by atoms with Crippen LogP contribution in [0.25, 0.3) is 0 Å². The van der Waals surface area contributed by atoms with Crippen molar-refractivity contribution in [3.8, 4) is 0 Å². The first-order chi connectivity index (χ1) is 8.81. The van der Waals surface area contributed by atoms with Crippen LogP contribution in [0.5, 0.6) is 0 Å². The summed E-state index contributed by atoms with van der Waals surface area (Å²) in [6, 6.07) is 0. The molecule has 0 spiro atoms. The first kappa shape index (κ1) is 17.8. The van der Waals surface area contributed by atoms with E-state index in [4.69, 9.17) is 9.47 Å². The fourth-order valence-corrected chi connectivity index (χ4v) is 2.56. The van der Waals surface area contributed by atoms with Gasteiger partial charge in [0.25, 0.3) is 0 Å². The Morgan fingerprint density at radius 3 is 2.33 bits per heavy atom. The maximum Gasteiger partial charge on any atom is 0.305 e. The van der Waals surface area contributed by atoms with Gasteiger partial charge in [0.1, 0.15) is 0 Å². The molecule has 0 saturated heterocycles. The highest BCUT2D eigenvalue weighted by Gasteiger charge is 2.00. The van der Waals surface area contributed by atoms with Gasteiger partial charge < -0.3 is 9.47 Å². The van der Waals surface area contributed by atoms with Gasteiger partial charge in [-0.15, -0.1) is 0 Å². The first-order valence-corrected chi connectivity index (χ1v) is 8.27. The summed E-state index contributed by atoms with van der Waals surface area (Å²) in [5.74, 6) is 2.33. The van der Waals surface area contributed by atoms with Gasteiger partial charge in [0.2, 0.25) is 0 Å². The minimum atomic E-state index is -0.0570. The summed E-state index contributed by atoms with van der Waals surface area (Å²) in [5, 5.41) is 0. The van der Waals surface area contributed by atoms with Crippen LogP contribution < -0.4 is 0 Å². The van der Waals surface area contributed by atoms with E-state index in [1.54, 1.807) is 0 Å². The second-order valence-corrected chi connectivity index (χ2v) is 5.36. The van der Waals surface area contributed by atoms with E-state index >= 15 is 0 Å². The van der Waals surface area contributed by atoms with Crippen LogP contribution in [0.1, 0.15) is 52.4 Å². The molecule has 0 heterocycles. The highest BCUT2D eigenvalue weighted by Crippen LogP contribution is 2.10. The molecule has 0 N–H and O–H groups in total. The molecule has 0 aromatic carbocycles. The van der Waals surface area contributed by atoms with Crippen molar-refractivity contribution in [2.24, 2.45) is 0 Å². The summed E-state index contributed by atoms with van der Waals surface area (Å²) in [5.41, 5.74) is 0. The Labute approximate surface area is 116 Å². The Balaban J connectivity index is 3.01. The lowest BCUT2D eigenvalue weighted by atomic mass is 10.2. The van der Waals surface area contributed by atoms with Gasteiger partial charge in [0.15, 0.2) is 0 Å². The molecule has 0 aromatic rings. The monoisotopic (exact) mass is 276 g/mol. The highest BCUT2D eigenvalue weighted by molar-refractivity contribution is 7.99. The molecule has 0 amide bonds. The number of carbonyl (C=O) groups excluding carboxylic acids is 1. The van der Waals surface area contributed by atoms with Gasteiger partial charge in [0.05, 0.1) is 6.61 Å². The van der Waals surface area contributed by atoms with Crippen molar-refractivity contribution >= 4 is 17.7 Å². The number of rotatable bonds is 13. The zero-order chi connectivity index (χ0) is 13.5. The summed E-state index contributed by atoms with van der Waals surface area (Å²) in [6.45, 7) is 6.11. The SMILES string of the molecule is CCOCCCCCSCCCCC(=O)OCC. The predicted octanol–water partition coefficient (Wildman–Crippen LogP) is 3.66. The van der Waals surface area contributed by atoms with Crippen LogP contribution in [0.4, 0.5) is 0 Å². The number of unbranched alkanes of at least 4 members (excludes halogenated alkanes) is 3. The highest BCUT2D eigenvalue weighted by atomic mass is 32.2. The minimum absolute atomic E-state index is 0.0570. The third-order valence-corrected chi connectivity index (χ3v) is 3.66. The Morgan fingerprint density at radius 1 is 0.944 bits per heavy atom. The van der Waals surface area contributed by atoms with E-state index in [0.29, 0.717) is 13.0 Å². The van der Waals surface area contributed by atoms with Gasteiger partial charge >= 0.3 is 5.97 Å². The lowest BCUT2D eigenvalue weighted by molar-refractivity contribution is -0.143. The van der Waals surface area contributed by atoms with Crippen LogP contribution in [-0.4, -0.2) is 37.3 Å². The van der Waals surface area contributed by atoms with Crippen molar-refractivity contribution in [3.05, 3.63) is 0 Å². The molecule has 0 unspecified atom stereocenters. The molecule has 0 aliphatic carbocycles. The largest absolute Gasteiger partial charge is 0.466 e. The number of hydrogen-bond acceptors (Lipinski definition) is 4. The fourth-order valence-electron chi connectivity index (χ4n) is 1.54. The summed E-state index contributed by atoms with van der Waals surface area (Å²) >= 11 is 1.99. The van der Waals surface area contributed by atoms with E-state index in [0.717, 1.165) is 31.8 Å². The molecule has 0 rings (SSSR count). The van der Waals surface area contributed by atoms with Crippen molar-refractivity contribution in [3.63, 3.8) is 0 Å². The molecule has 0 aromatic heterocycles. The van der Waals surface area contributed by atoms with Crippen LogP contribution in [0.15, 0.2) is 0 Å². The average molecular weight is 276 g/mol. The van der Waals surface area contributed by atoms with Gasteiger partial charge in [-0.05, 0) is 51.0 Å². The standard InChI is InChI=1S/C14H28O3S/c1-3-16-11-7-5-8-12-18-13-9-6-10-14(15)17-4-2/h3-13H2,1-2H3. The van der Waals surface area contributed by atoms with E-state index in [2.05, 4.69) is 0 Å². The maximum atomic E-state index is 11.1. The lowest BCUT2D eigenvalue weighted by Gasteiger charge is -2.03. The van der Waals surface area contributed by atoms with Crippen LogP contribution in [0.2, 0.25) is 0 Å². The fraction of sp³-hybridized carbons (Fsp3) is 0.929. The van der Waals surface area contributed by atoms with Crippen molar-refractivity contribution in [2.45, 2.75) is 52.4 Å². The van der Waals surface area contributed by atoms with E-state index in [1.807, 2.05) is 25.6 Å².